The Labute approximate surface area is 109 Å². The van der Waals surface area contributed by atoms with E-state index in [0.717, 1.165) is 30.6 Å². The van der Waals surface area contributed by atoms with E-state index in [9.17, 15) is 0 Å². The maximum atomic E-state index is 6.29. The van der Waals surface area contributed by atoms with E-state index in [0.29, 0.717) is 0 Å². The molecule has 0 atom stereocenters. The fraction of sp³-hybridized carbons (Fsp3) is 0.571. The van der Waals surface area contributed by atoms with E-state index in [4.69, 9.17) is 11.6 Å². The van der Waals surface area contributed by atoms with Gasteiger partial charge in [0.1, 0.15) is 0 Å². The summed E-state index contributed by atoms with van der Waals surface area (Å²) in [7, 11) is 1.94. The van der Waals surface area contributed by atoms with E-state index in [2.05, 4.69) is 35.3 Å². The third kappa shape index (κ3) is 3.14. The minimum Gasteiger partial charge on any atom is -0.371 e. The lowest BCUT2D eigenvalue weighted by Gasteiger charge is -2.32. The van der Waals surface area contributed by atoms with Crippen molar-refractivity contribution >= 4 is 17.3 Å². The highest BCUT2D eigenvalue weighted by Gasteiger charge is 2.16. The lowest BCUT2D eigenvalue weighted by molar-refractivity contribution is 0.438. The van der Waals surface area contributed by atoms with Crippen molar-refractivity contribution in [2.45, 2.75) is 26.3 Å². The maximum absolute atomic E-state index is 6.29. The summed E-state index contributed by atoms with van der Waals surface area (Å²) < 4.78 is 0. The van der Waals surface area contributed by atoms with Crippen LogP contribution in [0.3, 0.4) is 0 Å². The average molecular weight is 253 g/mol. The molecule has 1 heterocycles. The van der Waals surface area contributed by atoms with Crippen LogP contribution in [0.25, 0.3) is 0 Å². The van der Waals surface area contributed by atoms with Crippen LogP contribution in [0, 0.1) is 5.92 Å². The van der Waals surface area contributed by atoms with E-state index >= 15 is 0 Å². The van der Waals surface area contributed by atoms with E-state index in [-0.39, 0.29) is 0 Å². The number of rotatable bonds is 3. The molecule has 0 radical (unpaired) electrons. The van der Waals surface area contributed by atoms with Crippen LogP contribution in [0.15, 0.2) is 18.2 Å². The molecule has 1 aromatic carbocycles. The predicted molar refractivity (Wildman–Crippen MR) is 74.8 cm³/mol. The Bertz CT molecular complexity index is 370. The van der Waals surface area contributed by atoms with Gasteiger partial charge in [-0.25, -0.2) is 0 Å². The smallest absolute Gasteiger partial charge is 0.0471 e. The first-order chi connectivity index (χ1) is 8.20. The number of halogens is 1. The third-order valence-electron chi connectivity index (χ3n) is 3.55. The Morgan fingerprint density at radius 1 is 1.35 bits per heavy atom. The van der Waals surface area contributed by atoms with Crippen LogP contribution in [0.2, 0.25) is 5.02 Å². The summed E-state index contributed by atoms with van der Waals surface area (Å²) in [6.07, 6.45) is 2.58. The van der Waals surface area contributed by atoms with Gasteiger partial charge in [0.2, 0.25) is 0 Å². The molecule has 0 unspecified atom stereocenters. The van der Waals surface area contributed by atoms with E-state index in [1.165, 1.54) is 24.1 Å². The highest BCUT2D eigenvalue weighted by molar-refractivity contribution is 6.31. The van der Waals surface area contributed by atoms with Gasteiger partial charge >= 0.3 is 0 Å². The fourth-order valence-electron chi connectivity index (χ4n) is 2.33. The molecule has 0 aromatic heterocycles. The molecule has 0 bridgehead atoms. The van der Waals surface area contributed by atoms with Crippen LogP contribution in [0.5, 0.6) is 0 Å². The van der Waals surface area contributed by atoms with Gasteiger partial charge in [0.15, 0.2) is 0 Å². The van der Waals surface area contributed by atoms with Crippen molar-refractivity contribution in [3.05, 3.63) is 28.8 Å². The van der Waals surface area contributed by atoms with Gasteiger partial charge in [0.25, 0.3) is 0 Å². The zero-order valence-electron chi connectivity index (χ0n) is 10.7. The van der Waals surface area contributed by atoms with Crippen LogP contribution in [-0.4, -0.2) is 20.1 Å². The SMILES string of the molecule is CNCc1ccc(N2CCC(C)CC2)cc1Cl. The van der Waals surface area contributed by atoms with Crippen molar-refractivity contribution in [2.24, 2.45) is 5.92 Å². The maximum Gasteiger partial charge on any atom is 0.0471 e. The molecule has 0 aliphatic carbocycles. The molecule has 1 N–H and O–H groups in total. The van der Waals surface area contributed by atoms with Gasteiger partial charge in [0, 0.05) is 30.3 Å². The highest BCUT2D eigenvalue weighted by atomic mass is 35.5. The molecule has 1 aliphatic heterocycles. The molecule has 2 rings (SSSR count). The number of benzene rings is 1. The summed E-state index contributed by atoms with van der Waals surface area (Å²) >= 11 is 6.29. The van der Waals surface area contributed by atoms with Crippen molar-refractivity contribution in [2.75, 3.05) is 25.0 Å². The Kier molecular flexibility index (Phi) is 4.30. The molecule has 1 aromatic rings. The minimum absolute atomic E-state index is 0.830. The highest BCUT2D eigenvalue weighted by Crippen LogP contribution is 2.27. The lowest BCUT2D eigenvalue weighted by atomic mass is 9.98. The second kappa shape index (κ2) is 5.74. The molecule has 2 nitrogen and oxygen atoms in total. The Morgan fingerprint density at radius 3 is 2.65 bits per heavy atom. The van der Waals surface area contributed by atoms with Crippen LogP contribution in [0.4, 0.5) is 5.69 Å². The first-order valence-corrected chi connectivity index (χ1v) is 6.76. The monoisotopic (exact) mass is 252 g/mol. The topological polar surface area (TPSA) is 15.3 Å². The predicted octanol–water partition coefficient (Wildman–Crippen LogP) is 3.30. The van der Waals surface area contributed by atoms with Crippen molar-refractivity contribution in [3.8, 4) is 0 Å². The number of nitrogens with one attached hydrogen (secondary N) is 1. The van der Waals surface area contributed by atoms with E-state index in [1.807, 2.05) is 7.05 Å². The lowest BCUT2D eigenvalue weighted by Crippen LogP contribution is -2.32. The molecular weight excluding hydrogens is 232 g/mol. The summed E-state index contributed by atoms with van der Waals surface area (Å²) in [5.74, 6) is 0.866. The number of anilines is 1. The van der Waals surface area contributed by atoms with Crippen molar-refractivity contribution < 1.29 is 0 Å². The number of piperidine rings is 1. The Balaban J connectivity index is 2.09. The molecular formula is C14H21ClN2. The summed E-state index contributed by atoms with van der Waals surface area (Å²) in [5, 5.41) is 4.00. The Morgan fingerprint density at radius 2 is 2.06 bits per heavy atom. The summed E-state index contributed by atoms with van der Waals surface area (Å²) in [5.41, 5.74) is 2.44. The van der Waals surface area contributed by atoms with Gasteiger partial charge < -0.3 is 10.2 Å². The standard InChI is InChI=1S/C14H21ClN2/c1-11-5-7-17(8-6-11)13-4-3-12(10-16-2)14(15)9-13/h3-4,9,11,16H,5-8,10H2,1-2H3. The first kappa shape index (κ1) is 12.7. The molecule has 94 valence electrons. The van der Waals surface area contributed by atoms with Crippen molar-refractivity contribution in [1.82, 2.24) is 5.32 Å². The fourth-order valence-corrected chi connectivity index (χ4v) is 2.58. The van der Waals surface area contributed by atoms with Crippen LogP contribution < -0.4 is 10.2 Å². The average Bonchev–Trinajstić information content (AvgIpc) is 2.33. The molecule has 1 aliphatic rings. The first-order valence-electron chi connectivity index (χ1n) is 6.38. The molecule has 17 heavy (non-hydrogen) atoms. The second-order valence-electron chi connectivity index (χ2n) is 4.98. The molecule has 0 saturated carbocycles. The largest absolute Gasteiger partial charge is 0.371 e. The molecule has 1 fully saturated rings. The summed E-state index contributed by atoms with van der Waals surface area (Å²) in [6.45, 7) is 5.47. The van der Waals surface area contributed by atoms with Crippen molar-refractivity contribution in [1.29, 1.82) is 0 Å². The molecule has 0 amide bonds. The number of hydrogen-bond donors (Lipinski definition) is 1. The van der Waals surface area contributed by atoms with Gasteiger partial charge in [-0.05, 0) is 43.5 Å². The zero-order valence-corrected chi connectivity index (χ0v) is 11.4. The second-order valence-corrected chi connectivity index (χ2v) is 5.38. The Hall–Kier alpha value is -0.730. The van der Waals surface area contributed by atoms with E-state index in [1.54, 1.807) is 0 Å². The molecule has 1 saturated heterocycles. The third-order valence-corrected chi connectivity index (χ3v) is 3.90. The summed E-state index contributed by atoms with van der Waals surface area (Å²) in [6, 6.07) is 6.42. The normalized spacial score (nSPS) is 17.5. The van der Waals surface area contributed by atoms with E-state index < -0.39 is 0 Å². The molecule has 0 spiro atoms. The van der Waals surface area contributed by atoms with Gasteiger partial charge in [0.05, 0.1) is 0 Å². The quantitative estimate of drug-likeness (QED) is 0.888. The van der Waals surface area contributed by atoms with Gasteiger partial charge in [-0.1, -0.05) is 24.6 Å². The van der Waals surface area contributed by atoms with Gasteiger partial charge in [-0.3, -0.25) is 0 Å². The van der Waals surface area contributed by atoms with Gasteiger partial charge in [-0.2, -0.15) is 0 Å². The summed E-state index contributed by atoms with van der Waals surface area (Å²) in [4.78, 5) is 2.44. The minimum atomic E-state index is 0.830. The van der Waals surface area contributed by atoms with Crippen LogP contribution in [0.1, 0.15) is 25.3 Å². The van der Waals surface area contributed by atoms with Crippen LogP contribution >= 0.6 is 11.6 Å². The number of hydrogen-bond acceptors (Lipinski definition) is 2. The number of nitrogens with zero attached hydrogens (tertiary/aromatic N) is 1. The van der Waals surface area contributed by atoms with Gasteiger partial charge in [-0.15, -0.1) is 0 Å². The zero-order chi connectivity index (χ0) is 12.3. The van der Waals surface area contributed by atoms with Crippen LogP contribution in [-0.2, 0) is 6.54 Å². The van der Waals surface area contributed by atoms with Crippen molar-refractivity contribution in [3.63, 3.8) is 0 Å². The molecule has 3 heteroatoms.